The van der Waals surface area contributed by atoms with Crippen molar-refractivity contribution in [3.05, 3.63) is 34.0 Å². The summed E-state index contributed by atoms with van der Waals surface area (Å²) in [4.78, 5) is 14.9. The lowest BCUT2D eigenvalue weighted by Crippen LogP contribution is -2.26. The van der Waals surface area contributed by atoms with Crippen LogP contribution in [0.2, 0.25) is 0 Å². The van der Waals surface area contributed by atoms with Crippen LogP contribution in [-0.2, 0) is 10.0 Å². The van der Waals surface area contributed by atoms with Gasteiger partial charge in [0, 0.05) is 11.1 Å². The zero-order valence-corrected chi connectivity index (χ0v) is 12.3. The molecule has 1 atom stereocenters. The van der Waals surface area contributed by atoms with Crippen molar-refractivity contribution in [1.29, 1.82) is 0 Å². The van der Waals surface area contributed by atoms with Gasteiger partial charge >= 0.3 is 5.97 Å². The second-order valence-corrected chi connectivity index (χ2v) is 6.63. The summed E-state index contributed by atoms with van der Waals surface area (Å²) in [5, 5.41) is 10.7. The highest BCUT2D eigenvalue weighted by molar-refractivity contribution is 7.89. The van der Waals surface area contributed by atoms with Crippen LogP contribution in [0.15, 0.2) is 27.0 Å². The first-order chi connectivity index (χ1) is 9.29. The van der Waals surface area contributed by atoms with E-state index < -0.39 is 32.9 Å². The molecule has 0 fully saturated rings. The molecule has 0 radical (unpaired) electrons. The molecule has 0 aliphatic heterocycles. The predicted octanol–water partition coefficient (Wildman–Crippen LogP) is 1.78. The van der Waals surface area contributed by atoms with Gasteiger partial charge in [0.2, 0.25) is 10.9 Å². The average Bonchev–Trinajstić information content (AvgIpc) is 2.96. The molecule has 0 bridgehead atoms. The van der Waals surface area contributed by atoms with E-state index in [0.717, 1.165) is 17.8 Å². The molecule has 2 rings (SSSR count). The molecular weight excluding hydrogens is 304 g/mol. The number of sulfonamides is 1. The van der Waals surface area contributed by atoms with Gasteiger partial charge in [0.05, 0.1) is 6.04 Å². The molecule has 2 aromatic heterocycles. The lowest BCUT2D eigenvalue weighted by molar-refractivity contribution is 0.0656. The number of nitrogens with one attached hydrogen (secondary N) is 1. The van der Waals surface area contributed by atoms with Crippen molar-refractivity contribution in [3.63, 3.8) is 0 Å². The second kappa shape index (κ2) is 5.35. The molecule has 2 aromatic rings. The van der Waals surface area contributed by atoms with E-state index in [1.807, 2.05) is 12.3 Å². The number of carboxylic acid groups (broad SMARTS) is 1. The monoisotopic (exact) mass is 316 g/mol. The Labute approximate surface area is 119 Å². The molecule has 0 amide bonds. The molecule has 0 aromatic carbocycles. The minimum Gasteiger partial charge on any atom is -0.475 e. The molecule has 0 saturated carbocycles. The Morgan fingerprint density at radius 1 is 1.50 bits per heavy atom. The summed E-state index contributed by atoms with van der Waals surface area (Å²) in [6.07, 6.45) is 0. The highest BCUT2D eigenvalue weighted by atomic mass is 32.2. The van der Waals surface area contributed by atoms with Crippen LogP contribution >= 0.6 is 11.3 Å². The topological polar surface area (TPSA) is 110 Å². The number of aromatic nitrogens is 1. The van der Waals surface area contributed by atoms with E-state index in [2.05, 4.69) is 9.71 Å². The molecule has 2 N–H and O–H groups in total. The van der Waals surface area contributed by atoms with E-state index in [0.29, 0.717) is 5.01 Å². The Hall–Kier alpha value is -1.71. The minimum absolute atomic E-state index is 0.428. The smallest absolute Gasteiger partial charge is 0.371 e. The van der Waals surface area contributed by atoms with Gasteiger partial charge in [0.15, 0.2) is 0 Å². The van der Waals surface area contributed by atoms with E-state index in [4.69, 9.17) is 9.52 Å². The molecule has 0 saturated heterocycles. The summed E-state index contributed by atoms with van der Waals surface area (Å²) in [7, 11) is -3.92. The fraction of sp³-hybridized carbons (Fsp3) is 0.273. The van der Waals surface area contributed by atoms with E-state index >= 15 is 0 Å². The number of aromatic carboxylic acids is 1. The summed E-state index contributed by atoms with van der Waals surface area (Å²) >= 11 is 1.34. The summed E-state index contributed by atoms with van der Waals surface area (Å²) in [6, 6.07) is 1.66. The summed E-state index contributed by atoms with van der Waals surface area (Å²) < 4.78 is 31.2. The second-order valence-electron chi connectivity index (χ2n) is 4.09. The van der Waals surface area contributed by atoms with Crippen LogP contribution < -0.4 is 4.72 Å². The SMILES string of the molecule is Cc1csc(C(C)NS(=O)(=O)c2ccc(C(=O)O)o2)n1. The van der Waals surface area contributed by atoms with Gasteiger partial charge in [-0.25, -0.2) is 18.2 Å². The molecule has 0 aliphatic carbocycles. The van der Waals surface area contributed by atoms with Gasteiger partial charge in [-0.2, -0.15) is 4.72 Å². The van der Waals surface area contributed by atoms with Crippen molar-refractivity contribution in [3.8, 4) is 0 Å². The number of aryl methyl sites for hydroxylation is 1. The normalized spacial score (nSPS) is 13.3. The van der Waals surface area contributed by atoms with Gasteiger partial charge < -0.3 is 9.52 Å². The van der Waals surface area contributed by atoms with Crippen LogP contribution in [0.3, 0.4) is 0 Å². The maximum atomic E-state index is 12.0. The van der Waals surface area contributed by atoms with E-state index in [-0.39, 0.29) is 0 Å². The Bertz CT molecular complexity index is 732. The molecule has 20 heavy (non-hydrogen) atoms. The quantitative estimate of drug-likeness (QED) is 0.870. The Morgan fingerprint density at radius 3 is 2.70 bits per heavy atom. The van der Waals surface area contributed by atoms with Crippen LogP contribution in [0.1, 0.15) is 34.2 Å². The third-order valence-electron chi connectivity index (χ3n) is 2.40. The molecule has 9 heteroatoms. The Balaban J connectivity index is 2.20. The maximum Gasteiger partial charge on any atom is 0.371 e. The molecular formula is C11H12N2O5S2. The van der Waals surface area contributed by atoms with Crippen LogP contribution in [0.4, 0.5) is 0 Å². The number of carbonyl (C=O) groups is 1. The van der Waals surface area contributed by atoms with Crippen molar-refractivity contribution in [2.24, 2.45) is 0 Å². The number of carboxylic acids is 1. The zero-order valence-electron chi connectivity index (χ0n) is 10.7. The van der Waals surface area contributed by atoms with Gasteiger partial charge in [-0.1, -0.05) is 0 Å². The number of hydrogen-bond donors (Lipinski definition) is 2. The highest BCUT2D eigenvalue weighted by Crippen LogP contribution is 2.21. The van der Waals surface area contributed by atoms with Crippen LogP contribution in [0, 0.1) is 6.92 Å². The molecule has 108 valence electrons. The van der Waals surface area contributed by atoms with Gasteiger partial charge in [0.25, 0.3) is 10.0 Å². The molecule has 0 spiro atoms. The van der Waals surface area contributed by atoms with Crippen LogP contribution in [-0.4, -0.2) is 24.5 Å². The predicted molar refractivity (Wildman–Crippen MR) is 71.3 cm³/mol. The van der Waals surface area contributed by atoms with Crippen molar-refractivity contribution in [1.82, 2.24) is 9.71 Å². The third-order valence-corrected chi connectivity index (χ3v) is 4.95. The lowest BCUT2D eigenvalue weighted by atomic mass is 10.4. The van der Waals surface area contributed by atoms with Crippen molar-refractivity contribution in [2.45, 2.75) is 25.0 Å². The summed E-state index contributed by atoms with van der Waals surface area (Å²) in [5.74, 6) is -1.75. The van der Waals surface area contributed by atoms with Crippen molar-refractivity contribution < 1.29 is 22.7 Å². The fourth-order valence-electron chi connectivity index (χ4n) is 1.49. The van der Waals surface area contributed by atoms with Gasteiger partial charge in [-0.3, -0.25) is 0 Å². The van der Waals surface area contributed by atoms with E-state index in [1.165, 1.54) is 11.3 Å². The van der Waals surface area contributed by atoms with Gasteiger partial charge in [-0.05, 0) is 26.0 Å². The van der Waals surface area contributed by atoms with Crippen molar-refractivity contribution in [2.75, 3.05) is 0 Å². The highest BCUT2D eigenvalue weighted by Gasteiger charge is 2.24. The fourth-order valence-corrected chi connectivity index (χ4v) is 3.51. The van der Waals surface area contributed by atoms with E-state index in [1.54, 1.807) is 6.92 Å². The standard InChI is InChI=1S/C11H12N2O5S2/c1-6-5-19-10(12-6)7(2)13-20(16,17)9-4-3-8(18-9)11(14)15/h3-5,7,13H,1-2H3,(H,14,15). The summed E-state index contributed by atoms with van der Waals surface area (Å²) in [6.45, 7) is 3.46. The summed E-state index contributed by atoms with van der Waals surface area (Å²) in [5.41, 5.74) is 0.808. The Kier molecular flexibility index (Phi) is 3.93. The number of nitrogens with zero attached hydrogens (tertiary/aromatic N) is 1. The zero-order chi connectivity index (χ0) is 14.9. The van der Waals surface area contributed by atoms with E-state index in [9.17, 15) is 13.2 Å². The van der Waals surface area contributed by atoms with Crippen molar-refractivity contribution >= 4 is 27.3 Å². The number of hydrogen-bond acceptors (Lipinski definition) is 6. The number of thiazole rings is 1. The molecule has 2 heterocycles. The number of rotatable bonds is 5. The Morgan fingerprint density at radius 2 is 2.20 bits per heavy atom. The lowest BCUT2D eigenvalue weighted by Gasteiger charge is -2.09. The molecule has 7 nitrogen and oxygen atoms in total. The largest absolute Gasteiger partial charge is 0.475 e. The molecule has 0 aliphatic rings. The number of furan rings is 1. The van der Waals surface area contributed by atoms with Crippen LogP contribution in [0.25, 0.3) is 0 Å². The van der Waals surface area contributed by atoms with Crippen LogP contribution in [0.5, 0.6) is 0 Å². The minimum atomic E-state index is -3.92. The first-order valence-corrected chi connectivity index (χ1v) is 7.93. The third kappa shape index (κ3) is 3.06. The van der Waals surface area contributed by atoms with Gasteiger partial charge in [-0.15, -0.1) is 11.3 Å². The molecule has 1 unspecified atom stereocenters. The maximum absolute atomic E-state index is 12.0. The first-order valence-electron chi connectivity index (χ1n) is 5.57. The first kappa shape index (κ1) is 14.7. The van der Waals surface area contributed by atoms with Gasteiger partial charge in [0.1, 0.15) is 5.01 Å². The average molecular weight is 316 g/mol.